The normalized spacial score (nSPS) is 9.21. The molecule has 0 unspecified atom stereocenters. The highest BCUT2D eigenvalue weighted by Gasteiger charge is 2.07. The molecular weight excluding hydrogens is 180 g/mol. The summed E-state index contributed by atoms with van der Waals surface area (Å²) >= 11 is 0. The van der Waals surface area contributed by atoms with Crippen LogP contribution in [0.25, 0.3) is 0 Å². The van der Waals surface area contributed by atoms with Crippen LogP contribution in [0.5, 0.6) is 5.75 Å². The molecule has 4 heteroatoms. The van der Waals surface area contributed by atoms with Gasteiger partial charge in [0, 0.05) is 6.07 Å². The Morgan fingerprint density at radius 3 is 2.79 bits per heavy atom. The molecule has 0 aromatic heterocycles. The van der Waals surface area contributed by atoms with Gasteiger partial charge in [-0.25, -0.2) is 0 Å². The number of aryl methyl sites for hydroxylation is 1. The Morgan fingerprint density at radius 2 is 2.29 bits per heavy atom. The van der Waals surface area contributed by atoms with Gasteiger partial charge in [0.2, 0.25) is 0 Å². The molecule has 1 aromatic rings. The zero-order valence-electron chi connectivity index (χ0n) is 8.07. The van der Waals surface area contributed by atoms with Gasteiger partial charge in [0.25, 0.3) is 0 Å². The molecular formula is C10H10N2O2. The number of nitriles is 1. The van der Waals surface area contributed by atoms with E-state index in [1.165, 1.54) is 7.11 Å². The second-order valence-electron chi connectivity index (χ2n) is 2.88. The summed E-state index contributed by atoms with van der Waals surface area (Å²) in [5.41, 5.74) is 1.81. The molecule has 4 nitrogen and oxygen atoms in total. The highest BCUT2D eigenvalue weighted by molar-refractivity contribution is 5.54. The van der Waals surface area contributed by atoms with Crippen molar-refractivity contribution in [3.63, 3.8) is 0 Å². The Morgan fingerprint density at radius 1 is 1.57 bits per heavy atom. The van der Waals surface area contributed by atoms with Crippen molar-refractivity contribution in [2.75, 3.05) is 7.11 Å². The minimum Gasteiger partial charge on any atom is -0.496 e. The van der Waals surface area contributed by atoms with Crippen LogP contribution in [0, 0.1) is 23.2 Å². The van der Waals surface area contributed by atoms with Gasteiger partial charge in [-0.3, -0.25) is 0 Å². The predicted molar refractivity (Wildman–Crippen MR) is 52.5 cm³/mol. The Balaban J connectivity index is 3.25. The zero-order valence-corrected chi connectivity index (χ0v) is 8.07. The molecule has 0 N–H and O–H groups in total. The van der Waals surface area contributed by atoms with E-state index < -0.39 is 0 Å². The molecule has 1 aromatic carbocycles. The van der Waals surface area contributed by atoms with Crippen LogP contribution in [0.4, 0.5) is 5.69 Å². The fourth-order valence-electron chi connectivity index (χ4n) is 1.27. The summed E-state index contributed by atoms with van der Waals surface area (Å²) in [7, 11) is 1.53. The maximum atomic E-state index is 10.5. The largest absolute Gasteiger partial charge is 0.496 e. The molecule has 0 atom stereocenters. The standard InChI is InChI=1S/C10H10N2O2/c1-7-5-8(3-4-11)9(12-13)6-10(7)14-2/h5-6H,3H2,1-2H3. The molecule has 0 aliphatic heterocycles. The van der Waals surface area contributed by atoms with E-state index in [2.05, 4.69) is 5.18 Å². The topological polar surface area (TPSA) is 62.4 Å². The summed E-state index contributed by atoms with van der Waals surface area (Å²) in [6.45, 7) is 1.86. The molecule has 72 valence electrons. The maximum Gasteiger partial charge on any atom is 0.124 e. The van der Waals surface area contributed by atoms with Gasteiger partial charge in [0.1, 0.15) is 11.4 Å². The lowest BCUT2D eigenvalue weighted by molar-refractivity contribution is 0.411. The number of rotatable bonds is 3. The molecule has 0 fully saturated rings. The highest BCUT2D eigenvalue weighted by atomic mass is 16.5. The first-order chi connectivity index (χ1) is 6.72. The van der Waals surface area contributed by atoms with Gasteiger partial charge < -0.3 is 4.74 Å². The summed E-state index contributed by atoms with van der Waals surface area (Å²) in [6.07, 6.45) is 0.186. The van der Waals surface area contributed by atoms with E-state index in [-0.39, 0.29) is 12.1 Å². The minimum absolute atomic E-state index is 0.186. The average molecular weight is 190 g/mol. The van der Waals surface area contributed by atoms with Gasteiger partial charge in [0.05, 0.1) is 19.6 Å². The number of ether oxygens (including phenoxy) is 1. The number of methoxy groups -OCH3 is 1. The maximum absolute atomic E-state index is 10.5. The lowest BCUT2D eigenvalue weighted by Crippen LogP contribution is -1.90. The summed E-state index contributed by atoms with van der Waals surface area (Å²) < 4.78 is 5.04. The van der Waals surface area contributed by atoms with Gasteiger partial charge in [-0.1, -0.05) is 0 Å². The first-order valence-electron chi connectivity index (χ1n) is 4.10. The fourth-order valence-corrected chi connectivity index (χ4v) is 1.27. The number of hydrogen-bond donors (Lipinski definition) is 0. The molecule has 0 amide bonds. The van der Waals surface area contributed by atoms with Gasteiger partial charge in [-0.15, -0.1) is 4.91 Å². The third kappa shape index (κ3) is 1.88. The fraction of sp³-hybridized carbons (Fsp3) is 0.300. The molecule has 0 radical (unpaired) electrons. The molecule has 0 heterocycles. The second kappa shape index (κ2) is 4.38. The lowest BCUT2D eigenvalue weighted by atomic mass is 10.1. The molecule has 0 saturated carbocycles. The highest BCUT2D eigenvalue weighted by Crippen LogP contribution is 2.28. The lowest BCUT2D eigenvalue weighted by Gasteiger charge is -2.07. The van der Waals surface area contributed by atoms with Crippen molar-refractivity contribution in [1.29, 1.82) is 5.26 Å². The number of nitroso groups, excluding NO2 is 1. The van der Waals surface area contributed by atoms with Gasteiger partial charge in [-0.2, -0.15) is 5.26 Å². The van der Waals surface area contributed by atoms with Crippen molar-refractivity contribution in [3.05, 3.63) is 28.2 Å². The molecule has 0 aliphatic rings. The van der Waals surface area contributed by atoms with Crippen LogP contribution >= 0.6 is 0 Å². The summed E-state index contributed by atoms with van der Waals surface area (Å²) in [4.78, 5) is 10.5. The molecule has 1 rings (SSSR count). The second-order valence-corrected chi connectivity index (χ2v) is 2.88. The van der Waals surface area contributed by atoms with Crippen LogP contribution in [-0.2, 0) is 6.42 Å². The van der Waals surface area contributed by atoms with Crippen molar-refractivity contribution < 1.29 is 4.74 Å². The smallest absolute Gasteiger partial charge is 0.124 e. The monoisotopic (exact) mass is 190 g/mol. The Labute approximate surface area is 82.1 Å². The average Bonchev–Trinajstić information content (AvgIpc) is 2.19. The van der Waals surface area contributed by atoms with Gasteiger partial charge in [-0.05, 0) is 29.3 Å². The van der Waals surface area contributed by atoms with Crippen molar-refractivity contribution in [2.24, 2.45) is 5.18 Å². The van der Waals surface area contributed by atoms with Crippen molar-refractivity contribution in [1.82, 2.24) is 0 Å². The number of nitrogens with zero attached hydrogens (tertiary/aromatic N) is 2. The molecule has 14 heavy (non-hydrogen) atoms. The van der Waals surface area contributed by atoms with E-state index in [0.717, 1.165) is 5.56 Å². The Bertz CT molecular complexity index is 394. The van der Waals surface area contributed by atoms with Crippen LogP contribution in [-0.4, -0.2) is 7.11 Å². The third-order valence-corrected chi connectivity index (χ3v) is 1.96. The first kappa shape index (κ1) is 10.2. The Hall–Kier alpha value is -1.89. The SMILES string of the molecule is COc1cc(N=O)c(CC#N)cc1C. The molecule has 0 bridgehead atoms. The Kier molecular flexibility index (Phi) is 3.19. The van der Waals surface area contributed by atoms with E-state index in [9.17, 15) is 4.91 Å². The van der Waals surface area contributed by atoms with Crippen molar-refractivity contribution in [3.8, 4) is 11.8 Å². The molecule has 0 saturated heterocycles. The molecule has 0 spiro atoms. The summed E-state index contributed by atoms with van der Waals surface area (Å²) in [5.74, 6) is 0.612. The van der Waals surface area contributed by atoms with Crippen LogP contribution in [0.2, 0.25) is 0 Å². The van der Waals surface area contributed by atoms with Crippen LogP contribution < -0.4 is 4.74 Å². The van der Waals surface area contributed by atoms with E-state index in [1.807, 2.05) is 13.0 Å². The van der Waals surface area contributed by atoms with Gasteiger partial charge >= 0.3 is 0 Å². The van der Waals surface area contributed by atoms with E-state index in [0.29, 0.717) is 11.3 Å². The van der Waals surface area contributed by atoms with Crippen molar-refractivity contribution >= 4 is 5.69 Å². The van der Waals surface area contributed by atoms with Gasteiger partial charge in [0.15, 0.2) is 0 Å². The van der Waals surface area contributed by atoms with Crippen LogP contribution in [0.3, 0.4) is 0 Å². The summed E-state index contributed by atoms with van der Waals surface area (Å²) in [5, 5.41) is 11.4. The first-order valence-corrected chi connectivity index (χ1v) is 4.10. The zero-order chi connectivity index (χ0) is 10.6. The minimum atomic E-state index is 0.186. The van der Waals surface area contributed by atoms with Crippen LogP contribution in [0.15, 0.2) is 17.3 Å². The number of benzene rings is 1. The molecule has 0 aliphatic carbocycles. The van der Waals surface area contributed by atoms with Crippen molar-refractivity contribution in [2.45, 2.75) is 13.3 Å². The van der Waals surface area contributed by atoms with E-state index in [1.54, 1.807) is 12.1 Å². The predicted octanol–water partition coefficient (Wildman–Crippen LogP) is 2.47. The third-order valence-electron chi connectivity index (χ3n) is 1.96. The van der Waals surface area contributed by atoms with E-state index in [4.69, 9.17) is 10.00 Å². The van der Waals surface area contributed by atoms with Crippen LogP contribution in [0.1, 0.15) is 11.1 Å². The quantitative estimate of drug-likeness (QED) is 0.688. The summed E-state index contributed by atoms with van der Waals surface area (Å²) in [6, 6.07) is 5.28. The number of hydrogen-bond acceptors (Lipinski definition) is 4. The van der Waals surface area contributed by atoms with E-state index >= 15 is 0 Å².